The van der Waals surface area contributed by atoms with Gasteiger partial charge < -0.3 is 4.74 Å². The van der Waals surface area contributed by atoms with E-state index in [1.807, 2.05) is 42.2 Å². The van der Waals surface area contributed by atoms with E-state index >= 15 is 0 Å². The van der Waals surface area contributed by atoms with E-state index in [1.54, 1.807) is 29.9 Å². The largest absolute Gasteiger partial charge is 0.425 e. The molecule has 3 heterocycles. The Hall–Kier alpha value is -3.16. The second kappa shape index (κ2) is 7.93. The van der Waals surface area contributed by atoms with Gasteiger partial charge in [0.2, 0.25) is 5.90 Å². The van der Waals surface area contributed by atoms with Crippen LogP contribution in [0.4, 0.5) is 0 Å². The van der Waals surface area contributed by atoms with Crippen molar-refractivity contribution in [2.24, 2.45) is 7.05 Å². The van der Waals surface area contributed by atoms with E-state index in [2.05, 4.69) is 10.1 Å². The molecule has 2 N–H and O–H groups in total. The topological polar surface area (TPSA) is 92.0 Å². The monoisotopic (exact) mass is 440 g/mol. The van der Waals surface area contributed by atoms with Crippen molar-refractivity contribution in [2.45, 2.75) is 13.3 Å². The Morgan fingerprint density at radius 2 is 1.80 bits per heavy atom. The lowest BCUT2D eigenvalue weighted by molar-refractivity contribution is 0.521. The minimum absolute atomic E-state index is 0.0255. The molecule has 9 heteroatoms. The number of nitrogens with zero attached hydrogens (tertiary/aromatic N) is 4. The second-order valence-corrected chi connectivity index (χ2v) is 7.53. The Labute approximate surface area is 182 Å². The van der Waals surface area contributed by atoms with Gasteiger partial charge in [-0.15, -0.1) is 0 Å². The number of aromatic nitrogens is 4. The molecule has 0 spiro atoms. The molecular formula is C21H18Cl2N6O. The zero-order valence-corrected chi connectivity index (χ0v) is 17.8. The Morgan fingerprint density at radius 3 is 2.43 bits per heavy atom. The van der Waals surface area contributed by atoms with Gasteiger partial charge >= 0.3 is 0 Å². The number of hydrogen-bond acceptors (Lipinski definition) is 5. The van der Waals surface area contributed by atoms with Gasteiger partial charge in [0.15, 0.2) is 5.90 Å². The van der Waals surface area contributed by atoms with Gasteiger partial charge in [-0.05, 0) is 29.8 Å². The molecule has 0 amide bonds. The van der Waals surface area contributed by atoms with Gasteiger partial charge in [0.25, 0.3) is 0 Å². The molecule has 0 aliphatic heterocycles. The van der Waals surface area contributed by atoms with Crippen molar-refractivity contribution in [3.05, 3.63) is 64.7 Å². The Morgan fingerprint density at radius 1 is 1.07 bits per heavy atom. The first-order chi connectivity index (χ1) is 14.4. The average Bonchev–Trinajstić information content (AvgIpc) is 3.32. The summed E-state index contributed by atoms with van der Waals surface area (Å²) in [5.41, 5.74) is 4.63. The van der Waals surface area contributed by atoms with Gasteiger partial charge in [0.1, 0.15) is 5.65 Å². The molecule has 0 saturated carbocycles. The van der Waals surface area contributed by atoms with E-state index in [0.717, 1.165) is 28.0 Å². The zero-order valence-electron chi connectivity index (χ0n) is 16.3. The molecule has 30 heavy (non-hydrogen) atoms. The SMILES string of the molecule is CCC(=N)OC(=N)c1c(Cl)cc(-c2cnc3cc(-c4cnn(C)c4)ccn23)cc1Cl. The summed E-state index contributed by atoms with van der Waals surface area (Å²) < 4.78 is 8.87. The van der Waals surface area contributed by atoms with E-state index < -0.39 is 0 Å². The maximum absolute atomic E-state index is 8.07. The van der Waals surface area contributed by atoms with E-state index in [9.17, 15) is 0 Å². The standard InChI is InChI=1S/C21H18Cl2N6O/c1-3-18(24)30-21(25)20-15(22)6-13(7-16(20)23)17-10-26-19-8-12(4-5-29(17)19)14-9-27-28(2)11-14/h4-11,24-25H,3H2,1-2H3. The molecule has 0 unspecified atom stereocenters. The van der Waals surface area contributed by atoms with Crippen LogP contribution in [0.1, 0.15) is 18.9 Å². The highest BCUT2D eigenvalue weighted by Gasteiger charge is 2.18. The van der Waals surface area contributed by atoms with Gasteiger partial charge in [-0.2, -0.15) is 5.10 Å². The van der Waals surface area contributed by atoms with Crippen LogP contribution in [0.5, 0.6) is 0 Å². The number of pyridine rings is 1. The first kappa shape index (κ1) is 20.1. The lowest BCUT2D eigenvalue weighted by Gasteiger charge is -2.12. The number of nitrogens with one attached hydrogen (secondary N) is 2. The van der Waals surface area contributed by atoms with E-state index in [0.29, 0.717) is 6.42 Å². The van der Waals surface area contributed by atoms with Crippen LogP contribution >= 0.6 is 23.2 Å². The lowest BCUT2D eigenvalue weighted by atomic mass is 10.1. The summed E-state index contributed by atoms with van der Waals surface area (Å²) in [6.45, 7) is 1.77. The number of rotatable bonds is 4. The van der Waals surface area contributed by atoms with Gasteiger partial charge in [0.05, 0.1) is 33.7 Å². The zero-order chi connectivity index (χ0) is 21.4. The van der Waals surface area contributed by atoms with Gasteiger partial charge in [-0.1, -0.05) is 30.1 Å². The molecule has 0 aliphatic rings. The number of ether oxygens (including phenoxy) is 1. The van der Waals surface area contributed by atoms with Crippen LogP contribution in [0.25, 0.3) is 28.0 Å². The number of imidazole rings is 1. The Kier molecular flexibility index (Phi) is 5.32. The van der Waals surface area contributed by atoms with Crippen molar-refractivity contribution in [1.29, 1.82) is 10.8 Å². The maximum Gasteiger partial charge on any atom is 0.223 e. The fourth-order valence-electron chi connectivity index (χ4n) is 3.13. The van der Waals surface area contributed by atoms with E-state index in [-0.39, 0.29) is 27.4 Å². The van der Waals surface area contributed by atoms with Crippen LogP contribution in [0, 0.1) is 10.8 Å². The summed E-state index contributed by atoms with van der Waals surface area (Å²) in [6, 6.07) is 7.41. The first-order valence-electron chi connectivity index (χ1n) is 9.17. The van der Waals surface area contributed by atoms with Crippen molar-refractivity contribution in [2.75, 3.05) is 0 Å². The number of aryl methyl sites for hydroxylation is 1. The van der Waals surface area contributed by atoms with E-state index in [4.69, 9.17) is 38.8 Å². The molecule has 0 fully saturated rings. The van der Waals surface area contributed by atoms with Crippen molar-refractivity contribution in [1.82, 2.24) is 19.2 Å². The van der Waals surface area contributed by atoms with Crippen LogP contribution in [0.15, 0.2) is 49.1 Å². The summed E-state index contributed by atoms with van der Waals surface area (Å²) in [6.07, 6.45) is 7.81. The third-order valence-corrected chi connectivity index (χ3v) is 5.26. The van der Waals surface area contributed by atoms with Crippen LogP contribution < -0.4 is 0 Å². The fourth-order valence-corrected chi connectivity index (χ4v) is 3.79. The second-order valence-electron chi connectivity index (χ2n) is 6.71. The third kappa shape index (κ3) is 3.69. The van der Waals surface area contributed by atoms with Crippen LogP contribution in [0.2, 0.25) is 10.0 Å². The Balaban J connectivity index is 1.72. The molecule has 3 aromatic heterocycles. The van der Waals surface area contributed by atoms with Crippen LogP contribution in [-0.4, -0.2) is 31.0 Å². The predicted octanol–water partition coefficient (Wildman–Crippen LogP) is 5.44. The summed E-state index contributed by atoms with van der Waals surface area (Å²) in [4.78, 5) is 4.51. The van der Waals surface area contributed by atoms with Gasteiger partial charge in [-0.3, -0.25) is 19.9 Å². The fraction of sp³-hybridized carbons (Fsp3) is 0.143. The molecular weight excluding hydrogens is 423 g/mol. The minimum atomic E-state index is -0.248. The third-order valence-electron chi connectivity index (χ3n) is 4.66. The average molecular weight is 441 g/mol. The highest BCUT2D eigenvalue weighted by atomic mass is 35.5. The number of fused-ring (bicyclic) bond motifs is 1. The molecule has 152 valence electrons. The molecule has 0 bridgehead atoms. The van der Waals surface area contributed by atoms with Crippen molar-refractivity contribution >= 4 is 40.6 Å². The number of hydrogen-bond donors (Lipinski definition) is 2. The summed E-state index contributed by atoms with van der Waals surface area (Å²) in [5, 5.41) is 20.4. The first-order valence-corrected chi connectivity index (χ1v) is 9.92. The molecule has 1 aromatic carbocycles. The maximum atomic E-state index is 8.07. The highest BCUT2D eigenvalue weighted by molar-refractivity contribution is 6.40. The van der Waals surface area contributed by atoms with Crippen LogP contribution in [0.3, 0.4) is 0 Å². The summed E-state index contributed by atoms with van der Waals surface area (Å²) in [5.74, 6) is -0.273. The molecule has 4 rings (SSSR count). The molecule has 7 nitrogen and oxygen atoms in total. The minimum Gasteiger partial charge on any atom is -0.425 e. The normalized spacial score (nSPS) is 11.1. The van der Waals surface area contributed by atoms with Crippen molar-refractivity contribution < 1.29 is 4.74 Å². The number of halogens is 2. The lowest BCUT2D eigenvalue weighted by Crippen LogP contribution is -2.12. The Bertz CT molecular complexity index is 1270. The van der Waals surface area contributed by atoms with Gasteiger partial charge in [-0.25, -0.2) is 4.98 Å². The predicted molar refractivity (Wildman–Crippen MR) is 119 cm³/mol. The molecule has 0 atom stereocenters. The van der Waals surface area contributed by atoms with Gasteiger partial charge in [0, 0.05) is 37.0 Å². The van der Waals surface area contributed by atoms with Crippen molar-refractivity contribution in [3.63, 3.8) is 0 Å². The molecule has 0 saturated heterocycles. The number of benzene rings is 1. The highest BCUT2D eigenvalue weighted by Crippen LogP contribution is 2.33. The van der Waals surface area contributed by atoms with Crippen LogP contribution in [-0.2, 0) is 11.8 Å². The smallest absolute Gasteiger partial charge is 0.223 e. The summed E-state index contributed by atoms with van der Waals surface area (Å²) >= 11 is 12.8. The summed E-state index contributed by atoms with van der Waals surface area (Å²) in [7, 11) is 1.88. The van der Waals surface area contributed by atoms with E-state index in [1.165, 1.54) is 0 Å². The van der Waals surface area contributed by atoms with Crippen molar-refractivity contribution in [3.8, 4) is 22.4 Å². The molecule has 0 radical (unpaired) electrons. The molecule has 4 aromatic rings. The quantitative estimate of drug-likeness (QED) is 0.326. The molecule has 0 aliphatic carbocycles.